The third kappa shape index (κ3) is 3.30. The number of carbonyl (C=O) groups is 1. The maximum Gasteiger partial charge on any atom is 0.261 e. The van der Waals surface area contributed by atoms with Gasteiger partial charge in [0.1, 0.15) is 5.82 Å². The van der Waals surface area contributed by atoms with Gasteiger partial charge in [-0.2, -0.15) is 4.68 Å². The molecular formula is C19H17ClFN5O. The number of aromatic nitrogens is 4. The molecule has 138 valence electrons. The van der Waals surface area contributed by atoms with Gasteiger partial charge in [0.15, 0.2) is 5.82 Å². The first-order valence-corrected chi connectivity index (χ1v) is 9.07. The average Bonchev–Trinajstić information content (AvgIpc) is 2.96. The third-order valence-electron chi connectivity index (χ3n) is 4.71. The molecule has 1 aliphatic heterocycles. The van der Waals surface area contributed by atoms with E-state index < -0.39 is 5.82 Å². The molecule has 1 amide bonds. The molecule has 0 N–H and O–H groups in total. The molecule has 2 heterocycles. The summed E-state index contributed by atoms with van der Waals surface area (Å²) in [5, 5.41) is 11.8. The molecule has 6 nitrogen and oxygen atoms in total. The molecule has 3 aromatic rings. The molecule has 4 rings (SSSR count). The van der Waals surface area contributed by atoms with Crippen molar-refractivity contribution in [2.75, 3.05) is 11.4 Å². The fraction of sp³-hybridized carbons (Fsp3) is 0.263. The topological polar surface area (TPSA) is 63.9 Å². The summed E-state index contributed by atoms with van der Waals surface area (Å²) in [4.78, 5) is 14.7. The molecular weight excluding hydrogens is 369 g/mol. The molecule has 1 aliphatic rings. The van der Waals surface area contributed by atoms with E-state index in [0.717, 1.165) is 30.5 Å². The van der Waals surface area contributed by atoms with Gasteiger partial charge in [-0.1, -0.05) is 11.6 Å². The summed E-state index contributed by atoms with van der Waals surface area (Å²) in [6.07, 6.45) is 2.65. The van der Waals surface area contributed by atoms with E-state index >= 15 is 0 Å². The predicted molar refractivity (Wildman–Crippen MR) is 99.9 cm³/mol. The Morgan fingerprint density at radius 3 is 2.78 bits per heavy atom. The fourth-order valence-electron chi connectivity index (χ4n) is 3.36. The van der Waals surface area contributed by atoms with Crippen molar-refractivity contribution in [3.63, 3.8) is 0 Å². The van der Waals surface area contributed by atoms with E-state index in [4.69, 9.17) is 11.6 Å². The van der Waals surface area contributed by atoms with E-state index in [-0.39, 0.29) is 11.5 Å². The maximum atomic E-state index is 14.8. The van der Waals surface area contributed by atoms with E-state index in [1.807, 2.05) is 12.1 Å². The number of aryl methyl sites for hydroxylation is 2. The summed E-state index contributed by atoms with van der Waals surface area (Å²) >= 11 is 6.10. The molecule has 0 saturated carbocycles. The predicted octanol–water partition coefficient (Wildman–Crippen LogP) is 3.75. The number of benzene rings is 2. The molecule has 0 saturated heterocycles. The van der Waals surface area contributed by atoms with Crippen LogP contribution in [-0.2, 0) is 6.42 Å². The second kappa shape index (κ2) is 7.08. The number of fused-ring (bicyclic) bond motifs is 1. The average molecular weight is 386 g/mol. The lowest BCUT2D eigenvalue weighted by atomic mass is 10.1. The van der Waals surface area contributed by atoms with Crippen LogP contribution in [0.2, 0.25) is 5.02 Å². The first-order chi connectivity index (χ1) is 13.0. The number of halogens is 2. The van der Waals surface area contributed by atoms with E-state index in [0.29, 0.717) is 23.1 Å². The monoisotopic (exact) mass is 385 g/mol. The molecule has 1 aromatic heterocycles. The summed E-state index contributed by atoms with van der Waals surface area (Å²) in [6, 6.07) is 9.86. The number of carbonyl (C=O) groups excluding carboxylic acids is 1. The molecule has 27 heavy (non-hydrogen) atoms. The first-order valence-electron chi connectivity index (χ1n) is 8.70. The van der Waals surface area contributed by atoms with E-state index in [1.165, 1.54) is 16.8 Å². The van der Waals surface area contributed by atoms with Crippen molar-refractivity contribution >= 4 is 23.2 Å². The fourth-order valence-corrected chi connectivity index (χ4v) is 3.55. The minimum atomic E-state index is -0.604. The normalized spacial score (nSPS) is 14.0. The highest BCUT2D eigenvalue weighted by Crippen LogP contribution is 2.30. The SMILES string of the molecule is Cc1nnnn1-c1ccc(C(=O)N2CCCCc3cc(Cl)ccc32)c(F)c1. The van der Waals surface area contributed by atoms with Crippen molar-refractivity contribution in [1.29, 1.82) is 0 Å². The molecule has 2 aromatic carbocycles. The summed E-state index contributed by atoms with van der Waals surface area (Å²) in [5.74, 6) is -0.433. The van der Waals surface area contributed by atoms with Crippen LogP contribution in [0.4, 0.5) is 10.1 Å². The van der Waals surface area contributed by atoms with E-state index in [1.54, 1.807) is 24.0 Å². The lowest BCUT2D eigenvalue weighted by Gasteiger charge is -2.23. The Morgan fingerprint density at radius 2 is 2.04 bits per heavy atom. The number of hydrogen-bond acceptors (Lipinski definition) is 4. The number of anilines is 1. The second-order valence-electron chi connectivity index (χ2n) is 6.49. The summed E-state index contributed by atoms with van der Waals surface area (Å²) in [5.41, 5.74) is 2.29. The Balaban J connectivity index is 1.70. The Kier molecular flexibility index (Phi) is 4.61. The van der Waals surface area contributed by atoms with Crippen LogP contribution in [0.3, 0.4) is 0 Å². The summed E-state index contributed by atoms with van der Waals surface area (Å²) in [6.45, 7) is 2.26. The zero-order valence-corrected chi connectivity index (χ0v) is 15.4. The van der Waals surface area contributed by atoms with Gasteiger partial charge in [-0.05, 0) is 72.5 Å². The standard InChI is InChI=1S/C19H17ClFN5O/c1-12-22-23-24-26(12)15-6-7-16(17(21)11-15)19(27)25-9-3-2-4-13-10-14(20)5-8-18(13)25/h5-8,10-11H,2-4,9H2,1H3. The summed E-state index contributed by atoms with van der Waals surface area (Å²) in [7, 11) is 0. The molecule has 8 heteroatoms. The molecule has 0 bridgehead atoms. The zero-order valence-electron chi connectivity index (χ0n) is 14.7. The van der Waals surface area contributed by atoms with Crippen LogP contribution in [0.15, 0.2) is 36.4 Å². The van der Waals surface area contributed by atoms with Crippen LogP contribution in [-0.4, -0.2) is 32.7 Å². The van der Waals surface area contributed by atoms with Gasteiger partial charge in [-0.15, -0.1) is 5.10 Å². The van der Waals surface area contributed by atoms with Crippen molar-refractivity contribution in [3.8, 4) is 5.69 Å². The minimum absolute atomic E-state index is 0.0206. The Morgan fingerprint density at radius 1 is 1.19 bits per heavy atom. The Labute approximate surface area is 160 Å². The Bertz CT molecular complexity index is 1020. The van der Waals surface area contributed by atoms with Crippen LogP contribution < -0.4 is 4.90 Å². The number of amides is 1. The molecule has 0 spiro atoms. The molecule has 0 atom stereocenters. The van der Waals surface area contributed by atoms with Crippen LogP contribution in [0.25, 0.3) is 5.69 Å². The van der Waals surface area contributed by atoms with E-state index in [9.17, 15) is 9.18 Å². The van der Waals surface area contributed by atoms with Crippen molar-refractivity contribution in [2.45, 2.75) is 26.2 Å². The highest BCUT2D eigenvalue weighted by Gasteiger charge is 2.25. The van der Waals surface area contributed by atoms with Crippen LogP contribution >= 0.6 is 11.6 Å². The van der Waals surface area contributed by atoms with Gasteiger partial charge in [0.05, 0.1) is 11.3 Å². The molecule has 0 radical (unpaired) electrons. The summed E-state index contributed by atoms with van der Waals surface area (Å²) < 4.78 is 16.2. The lowest BCUT2D eigenvalue weighted by Crippen LogP contribution is -2.32. The van der Waals surface area contributed by atoms with E-state index in [2.05, 4.69) is 15.5 Å². The van der Waals surface area contributed by atoms with Crippen molar-refractivity contribution < 1.29 is 9.18 Å². The minimum Gasteiger partial charge on any atom is -0.308 e. The van der Waals surface area contributed by atoms with Gasteiger partial charge in [0, 0.05) is 23.3 Å². The van der Waals surface area contributed by atoms with Crippen molar-refractivity contribution in [3.05, 3.63) is 64.2 Å². The highest BCUT2D eigenvalue weighted by atomic mass is 35.5. The second-order valence-corrected chi connectivity index (χ2v) is 6.93. The van der Waals surface area contributed by atoms with Gasteiger partial charge in [-0.3, -0.25) is 4.79 Å². The molecule has 0 unspecified atom stereocenters. The largest absolute Gasteiger partial charge is 0.308 e. The number of tetrazole rings is 1. The smallest absolute Gasteiger partial charge is 0.261 e. The van der Waals surface area contributed by atoms with Gasteiger partial charge >= 0.3 is 0 Å². The third-order valence-corrected chi connectivity index (χ3v) is 4.94. The highest BCUT2D eigenvalue weighted by molar-refractivity contribution is 6.30. The number of rotatable bonds is 2. The lowest BCUT2D eigenvalue weighted by molar-refractivity contribution is 0.0983. The molecule has 0 aliphatic carbocycles. The van der Waals surface area contributed by atoms with Gasteiger partial charge in [0.25, 0.3) is 5.91 Å². The van der Waals surface area contributed by atoms with Gasteiger partial charge in [0.2, 0.25) is 0 Å². The van der Waals surface area contributed by atoms with Gasteiger partial charge < -0.3 is 4.90 Å². The Hall–Kier alpha value is -2.80. The van der Waals surface area contributed by atoms with Crippen molar-refractivity contribution in [1.82, 2.24) is 20.2 Å². The number of hydrogen-bond donors (Lipinski definition) is 0. The van der Waals surface area contributed by atoms with Crippen LogP contribution in [0, 0.1) is 12.7 Å². The van der Waals surface area contributed by atoms with Crippen LogP contribution in [0.1, 0.15) is 34.6 Å². The number of nitrogens with zero attached hydrogens (tertiary/aromatic N) is 5. The quantitative estimate of drug-likeness (QED) is 0.674. The molecule has 0 fully saturated rings. The zero-order chi connectivity index (χ0) is 19.0. The maximum absolute atomic E-state index is 14.8. The van der Waals surface area contributed by atoms with Crippen molar-refractivity contribution in [2.24, 2.45) is 0 Å². The van der Waals surface area contributed by atoms with Crippen LogP contribution in [0.5, 0.6) is 0 Å². The first kappa shape index (κ1) is 17.6. The van der Waals surface area contributed by atoms with Gasteiger partial charge in [-0.25, -0.2) is 4.39 Å².